The van der Waals surface area contributed by atoms with E-state index in [0.717, 1.165) is 28.7 Å². The molecule has 4 bridgehead atoms. The average molecular weight is 903 g/mol. The second-order valence-electron chi connectivity index (χ2n) is 18.0. The number of esters is 1. The summed E-state index contributed by atoms with van der Waals surface area (Å²) in [5.74, 6) is 1.44. The van der Waals surface area contributed by atoms with Crippen molar-refractivity contribution in [1.29, 1.82) is 0 Å². The molecule has 5 aliphatic carbocycles. The zero-order valence-corrected chi connectivity index (χ0v) is 38.6. The highest BCUT2D eigenvalue weighted by molar-refractivity contribution is 7.48. The molecule has 0 N–H and O–H groups in total. The first-order chi connectivity index (χ1) is 29.5. The Hall–Kier alpha value is -3.01. The average Bonchev–Trinajstić information content (AvgIpc) is 3.74. The predicted octanol–water partition coefficient (Wildman–Crippen LogP) is 9.26. The van der Waals surface area contributed by atoms with Crippen LogP contribution >= 0.6 is 19.4 Å². The summed E-state index contributed by atoms with van der Waals surface area (Å²) in [5, 5.41) is 0.391. The molecule has 2 heterocycles. The van der Waals surface area contributed by atoms with Crippen molar-refractivity contribution >= 4 is 37.2 Å². The number of allylic oxidation sites excluding steroid dienone is 1. The van der Waals surface area contributed by atoms with Gasteiger partial charge in [0.15, 0.2) is 17.9 Å². The molecule has 0 radical (unpaired) electrons. The van der Waals surface area contributed by atoms with E-state index < -0.39 is 68.3 Å². The smallest absolute Gasteiger partial charge is 0.496 e. The number of benzene rings is 2. The summed E-state index contributed by atoms with van der Waals surface area (Å²) in [4.78, 5) is 12.1. The molecular formula is C46H60ClO14P. The summed E-state index contributed by atoms with van der Waals surface area (Å²) in [6, 6.07) is 10.7. The Kier molecular flexibility index (Phi) is 13.3. The summed E-state index contributed by atoms with van der Waals surface area (Å²) >= 11 is 7.24. The monoisotopic (exact) mass is 902 g/mol. The van der Waals surface area contributed by atoms with Gasteiger partial charge in [0, 0.05) is 30.9 Å². The molecule has 0 spiro atoms. The maximum atomic E-state index is 14.4. The molecule has 2 aliphatic heterocycles. The SMILES string of the molecule is CCOC(C)O[C@@H]1[C@H]2OC(C)(C)O[C@H]2[C@@H](OP(=O)(OC)Oc2ccc(COc3c(/C=C/C(=O)OC)ccc(C(OC)=C4C5CC6CC(C5)CC4C6)c3Cl)cc2)[C@@H]2OC(C)(C)O[C@@H]12. The minimum Gasteiger partial charge on any atom is -0.496 e. The Labute approximate surface area is 369 Å². The molecule has 2 unspecified atom stereocenters. The van der Waals surface area contributed by atoms with E-state index in [1.54, 1.807) is 72.1 Å². The number of hydrogen-bond acceptors (Lipinski definition) is 14. The summed E-state index contributed by atoms with van der Waals surface area (Å²) in [6.07, 6.45) is 3.85. The number of phosphoric acid groups is 1. The third-order valence-corrected chi connectivity index (χ3v) is 14.6. The number of phosphoric ester groups is 1. The van der Waals surface area contributed by atoms with Gasteiger partial charge < -0.3 is 47.2 Å². The summed E-state index contributed by atoms with van der Waals surface area (Å²) in [7, 11) is -0.0442. The fraction of sp³-hybridized carbons (Fsp3) is 0.630. The minimum absolute atomic E-state index is 0.105. The van der Waals surface area contributed by atoms with Crippen LogP contribution in [-0.2, 0) is 62.9 Å². The number of rotatable bonds is 16. The number of methoxy groups -OCH3 is 2. The topological polar surface area (TPSA) is 145 Å². The van der Waals surface area contributed by atoms with E-state index in [0.29, 0.717) is 34.8 Å². The van der Waals surface area contributed by atoms with Gasteiger partial charge in [-0.3, -0.25) is 9.05 Å². The second-order valence-corrected chi connectivity index (χ2v) is 20.0. The van der Waals surface area contributed by atoms with E-state index in [1.807, 2.05) is 19.1 Å². The van der Waals surface area contributed by atoms with Gasteiger partial charge in [0.25, 0.3) is 0 Å². The first kappa shape index (κ1) is 45.6. The molecular weight excluding hydrogens is 843 g/mol. The van der Waals surface area contributed by atoms with Crippen molar-refractivity contribution in [2.24, 2.45) is 23.7 Å². The van der Waals surface area contributed by atoms with E-state index in [9.17, 15) is 9.36 Å². The van der Waals surface area contributed by atoms with Crippen LogP contribution in [0.3, 0.4) is 0 Å². The van der Waals surface area contributed by atoms with Crippen molar-refractivity contribution in [2.45, 2.75) is 135 Å². The van der Waals surface area contributed by atoms with Crippen LogP contribution in [-0.4, -0.2) is 88.4 Å². The van der Waals surface area contributed by atoms with Crippen LogP contribution in [0.2, 0.25) is 5.02 Å². The van der Waals surface area contributed by atoms with Gasteiger partial charge in [-0.15, -0.1) is 0 Å². The number of ether oxygens (including phenoxy) is 9. The van der Waals surface area contributed by atoms with Gasteiger partial charge >= 0.3 is 13.8 Å². The van der Waals surface area contributed by atoms with Crippen LogP contribution in [0.4, 0.5) is 0 Å². The van der Waals surface area contributed by atoms with Crippen LogP contribution in [0.15, 0.2) is 48.0 Å². The first-order valence-corrected chi connectivity index (χ1v) is 23.5. The van der Waals surface area contributed by atoms with Crippen molar-refractivity contribution in [1.82, 2.24) is 0 Å². The van der Waals surface area contributed by atoms with E-state index >= 15 is 0 Å². The maximum absolute atomic E-state index is 14.4. The molecule has 8 atom stereocenters. The number of halogens is 1. The van der Waals surface area contributed by atoms with Gasteiger partial charge in [0.1, 0.15) is 60.5 Å². The lowest BCUT2D eigenvalue weighted by molar-refractivity contribution is -0.239. The highest BCUT2D eigenvalue weighted by Gasteiger charge is 2.66. The van der Waals surface area contributed by atoms with Gasteiger partial charge in [0.2, 0.25) is 0 Å². The molecule has 9 rings (SSSR count). The van der Waals surface area contributed by atoms with E-state index in [-0.39, 0.29) is 12.4 Å². The van der Waals surface area contributed by atoms with Crippen LogP contribution in [0.5, 0.6) is 11.5 Å². The Morgan fingerprint density at radius 1 is 0.839 bits per heavy atom. The maximum Gasteiger partial charge on any atom is 0.530 e. The quantitative estimate of drug-likeness (QED) is 0.0519. The molecule has 62 heavy (non-hydrogen) atoms. The zero-order valence-electron chi connectivity index (χ0n) is 37.0. The molecule has 14 nitrogen and oxygen atoms in total. The molecule has 2 saturated heterocycles. The van der Waals surface area contributed by atoms with Crippen LogP contribution in [0, 0.1) is 23.7 Å². The Bertz CT molecular complexity index is 2010. The van der Waals surface area contributed by atoms with Crippen LogP contribution in [0.25, 0.3) is 11.8 Å². The van der Waals surface area contributed by atoms with Crippen molar-refractivity contribution in [3.63, 3.8) is 0 Å². The van der Waals surface area contributed by atoms with Gasteiger partial charge in [-0.05, 0) is 133 Å². The van der Waals surface area contributed by atoms with E-state index in [2.05, 4.69) is 0 Å². The van der Waals surface area contributed by atoms with Crippen molar-refractivity contribution < 1.29 is 65.6 Å². The normalized spacial score (nSPS) is 32.8. The number of fused-ring (bicyclic) bond motifs is 2. The second kappa shape index (κ2) is 18.1. The third-order valence-electron chi connectivity index (χ3n) is 12.8. The number of carbonyl (C=O) groups is 1. The van der Waals surface area contributed by atoms with E-state index in [4.69, 9.17) is 67.8 Å². The van der Waals surface area contributed by atoms with Crippen LogP contribution in [0.1, 0.15) is 90.3 Å². The van der Waals surface area contributed by atoms with Gasteiger partial charge in [-0.2, -0.15) is 0 Å². The Balaban J connectivity index is 1.01. The molecule has 0 amide bonds. The zero-order chi connectivity index (χ0) is 44.1. The lowest BCUT2D eigenvalue weighted by Gasteiger charge is -2.51. The number of carbonyl (C=O) groups excluding carboxylic acids is 1. The summed E-state index contributed by atoms with van der Waals surface area (Å²) < 4.78 is 87.1. The van der Waals surface area contributed by atoms with Crippen molar-refractivity contribution in [3.8, 4) is 11.5 Å². The first-order valence-electron chi connectivity index (χ1n) is 21.6. The molecule has 5 saturated carbocycles. The molecule has 2 aromatic carbocycles. The van der Waals surface area contributed by atoms with Crippen molar-refractivity contribution in [2.75, 3.05) is 27.9 Å². The lowest BCUT2D eigenvalue weighted by atomic mass is 9.54. The minimum atomic E-state index is -4.33. The van der Waals surface area contributed by atoms with Crippen LogP contribution < -0.4 is 9.26 Å². The van der Waals surface area contributed by atoms with E-state index in [1.165, 1.54) is 58.0 Å². The highest BCUT2D eigenvalue weighted by Crippen LogP contribution is 2.59. The molecule has 7 fully saturated rings. The Morgan fingerprint density at radius 3 is 1.95 bits per heavy atom. The summed E-state index contributed by atoms with van der Waals surface area (Å²) in [5.41, 5.74) is 3.48. The highest BCUT2D eigenvalue weighted by atomic mass is 35.5. The van der Waals surface area contributed by atoms with Gasteiger partial charge in [-0.25, -0.2) is 9.36 Å². The largest absolute Gasteiger partial charge is 0.530 e. The summed E-state index contributed by atoms with van der Waals surface area (Å²) in [6.45, 7) is 11.4. The third kappa shape index (κ3) is 9.38. The van der Waals surface area contributed by atoms with Crippen molar-refractivity contribution in [3.05, 3.63) is 69.8 Å². The molecule has 340 valence electrons. The predicted molar refractivity (Wildman–Crippen MR) is 228 cm³/mol. The standard InChI is InChI=1S/C46H60ClO14P/c1-10-53-25(2)55-39-40-42(58-45(3,4)56-40)44(43-41(39)57-46(5,6)59-43)61-62(49,52-9)60-32-15-11-26(12-16-32)24-54-37-29(14-18-34(48)50-7)13-17-33(36(37)47)38(51-8)35-30-20-27-19-28(22-30)23-31(35)21-27/h11-18,25,27-28,30-31,39-44H,10,19-24H2,1-9H3/b18-14+,38-35?/t25?,27?,28?,30?,31?,39-,40-,41+,42-,43-,44-,62?/m1/s1. The molecule has 16 heteroatoms. The molecule has 2 aromatic rings. The van der Waals surface area contributed by atoms with Gasteiger partial charge in [-0.1, -0.05) is 29.8 Å². The molecule has 0 aromatic heterocycles. The number of hydrogen-bond donors (Lipinski definition) is 0. The lowest BCUT2D eigenvalue weighted by Crippen LogP contribution is -2.63. The Morgan fingerprint density at radius 2 is 1.42 bits per heavy atom. The molecule has 7 aliphatic rings. The van der Waals surface area contributed by atoms with Gasteiger partial charge in [0.05, 0.1) is 19.2 Å². The fourth-order valence-electron chi connectivity index (χ4n) is 10.7. The fourth-order valence-corrected chi connectivity index (χ4v) is 12.1.